The number of thiophene rings is 1. The van der Waals surface area contributed by atoms with Crippen LogP contribution in [0.1, 0.15) is 12.8 Å². The van der Waals surface area contributed by atoms with Crippen molar-refractivity contribution in [2.24, 2.45) is 0 Å². The predicted molar refractivity (Wildman–Crippen MR) is 76.3 cm³/mol. The molecule has 3 amide bonds. The maximum atomic E-state index is 12.4. The molecule has 7 nitrogen and oxygen atoms in total. The second-order valence-corrected chi connectivity index (χ2v) is 8.33. The van der Waals surface area contributed by atoms with Gasteiger partial charge < -0.3 is 5.32 Å². The Balaban J connectivity index is 1.77. The number of amides is 3. The number of likely N-dealkylation sites (N-methyl/N-ethyl adjacent to an activating group) is 1. The molecule has 21 heavy (non-hydrogen) atoms. The number of carbonyl (C=O) groups is 2. The fourth-order valence-corrected chi connectivity index (χ4v) is 5.33. The van der Waals surface area contributed by atoms with Gasteiger partial charge >= 0.3 is 6.03 Å². The molecule has 9 heteroatoms. The summed E-state index contributed by atoms with van der Waals surface area (Å²) in [6, 6.07) is 2.84. The van der Waals surface area contributed by atoms with E-state index in [4.69, 9.17) is 0 Å². The van der Waals surface area contributed by atoms with Crippen molar-refractivity contribution in [3.05, 3.63) is 17.5 Å². The molecule has 1 N–H and O–H groups in total. The quantitative estimate of drug-likeness (QED) is 0.798. The van der Waals surface area contributed by atoms with Gasteiger partial charge in [-0.3, -0.25) is 9.69 Å². The number of sulfonamides is 1. The van der Waals surface area contributed by atoms with Gasteiger partial charge in [-0.05, 0) is 24.3 Å². The average molecular weight is 329 g/mol. The van der Waals surface area contributed by atoms with E-state index in [1.54, 1.807) is 17.5 Å². The van der Waals surface area contributed by atoms with Gasteiger partial charge in [-0.2, -0.15) is 4.31 Å². The van der Waals surface area contributed by atoms with Crippen LogP contribution >= 0.6 is 11.3 Å². The Morgan fingerprint density at radius 3 is 2.43 bits per heavy atom. The van der Waals surface area contributed by atoms with Crippen molar-refractivity contribution in [1.29, 1.82) is 0 Å². The van der Waals surface area contributed by atoms with Gasteiger partial charge in [0, 0.05) is 20.1 Å². The molecular formula is C12H15N3O4S2. The van der Waals surface area contributed by atoms with Gasteiger partial charge in [0.25, 0.3) is 15.9 Å². The predicted octanol–water partition coefficient (Wildman–Crippen LogP) is 0.453. The summed E-state index contributed by atoms with van der Waals surface area (Å²) in [7, 11) is -2.06. The van der Waals surface area contributed by atoms with Crippen LogP contribution in [-0.2, 0) is 14.8 Å². The minimum Gasteiger partial charge on any atom is -0.323 e. The van der Waals surface area contributed by atoms with Crippen LogP contribution in [0, 0.1) is 0 Å². The van der Waals surface area contributed by atoms with Crippen LogP contribution in [0.5, 0.6) is 0 Å². The Kier molecular flexibility index (Phi) is 3.30. The van der Waals surface area contributed by atoms with Crippen LogP contribution in [0.25, 0.3) is 0 Å². The van der Waals surface area contributed by atoms with E-state index in [9.17, 15) is 18.0 Å². The SMILES string of the molecule is CN1C(=O)NC2(CCN(S(=O)(=O)c3cccs3)CC2)C1=O. The van der Waals surface area contributed by atoms with E-state index in [-0.39, 0.29) is 19.0 Å². The third-order valence-corrected chi connectivity index (χ3v) is 7.30. The number of rotatable bonds is 2. The molecule has 114 valence electrons. The molecule has 2 aliphatic heterocycles. The first-order chi connectivity index (χ1) is 9.87. The van der Waals surface area contributed by atoms with Crippen LogP contribution in [-0.4, -0.2) is 55.2 Å². The van der Waals surface area contributed by atoms with E-state index in [1.165, 1.54) is 22.7 Å². The topological polar surface area (TPSA) is 86.8 Å². The molecule has 0 aliphatic carbocycles. The molecule has 0 bridgehead atoms. The molecule has 0 atom stereocenters. The Morgan fingerprint density at radius 1 is 1.29 bits per heavy atom. The van der Waals surface area contributed by atoms with Crippen molar-refractivity contribution in [2.45, 2.75) is 22.6 Å². The van der Waals surface area contributed by atoms with E-state index in [2.05, 4.69) is 5.32 Å². The molecule has 1 aromatic heterocycles. The third-order valence-electron chi connectivity index (χ3n) is 4.03. The number of nitrogens with one attached hydrogen (secondary N) is 1. The second kappa shape index (κ2) is 4.79. The van der Waals surface area contributed by atoms with E-state index < -0.39 is 21.6 Å². The van der Waals surface area contributed by atoms with Crippen molar-refractivity contribution < 1.29 is 18.0 Å². The van der Waals surface area contributed by atoms with Crippen molar-refractivity contribution in [1.82, 2.24) is 14.5 Å². The Bertz CT molecular complexity index is 675. The fourth-order valence-electron chi connectivity index (χ4n) is 2.74. The molecule has 3 heterocycles. The molecule has 3 rings (SSSR count). The highest BCUT2D eigenvalue weighted by molar-refractivity contribution is 7.91. The second-order valence-electron chi connectivity index (χ2n) is 5.21. The Morgan fingerprint density at radius 2 is 1.95 bits per heavy atom. The molecule has 1 aromatic rings. The van der Waals surface area contributed by atoms with Crippen LogP contribution in [0.15, 0.2) is 21.7 Å². The highest BCUT2D eigenvalue weighted by atomic mass is 32.2. The maximum Gasteiger partial charge on any atom is 0.324 e. The van der Waals surface area contributed by atoms with Gasteiger partial charge in [0.2, 0.25) is 0 Å². The van der Waals surface area contributed by atoms with Crippen molar-refractivity contribution >= 4 is 33.3 Å². The average Bonchev–Trinajstić information content (AvgIpc) is 3.06. The highest BCUT2D eigenvalue weighted by Gasteiger charge is 2.52. The van der Waals surface area contributed by atoms with Crippen molar-refractivity contribution in [2.75, 3.05) is 20.1 Å². The number of urea groups is 1. The lowest BCUT2D eigenvalue weighted by molar-refractivity contribution is -0.131. The zero-order valence-corrected chi connectivity index (χ0v) is 13.0. The lowest BCUT2D eigenvalue weighted by atomic mass is 9.88. The van der Waals surface area contributed by atoms with Gasteiger partial charge in [-0.15, -0.1) is 11.3 Å². The number of piperidine rings is 1. The van der Waals surface area contributed by atoms with Crippen LogP contribution in [0.2, 0.25) is 0 Å². The first-order valence-corrected chi connectivity index (χ1v) is 8.83. The van der Waals surface area contributed by atoms with E-state index in [0.717, 1.165) is 4.90 Å². The van der Waals surface area contributed by atoms with Crippen LogP contribution in [0.3, 0.4) is 0 Å². The molecule has 0 radical (unpaired) electrons. The van der Waals surface area contributed by atoms with E-state index in [0.29, 0.717) is 17.1 Å². The lowest BCUT2D eigenvalue weighted by Gasteiger charge is -2.36. The number of carbonyl (C=O) groups excluding carboxylic acids is 2. The zero-order valence-electron chi connectivity index (χ0n) is 11.4. The summed E-state index contributed by atoms with van der Waals surface area (Å²) in [5.41, 5.74) is -0.937. The molecule has 2 fully saturated rings. The summed E-state index contributed by atoms with van der Waals surface area (Å²) >= 11 is 1.17. The third kappa shape index (κ3) is 2.16. The molecular weight excluding hydrogens is 314 g/mol. The molecule has 0 aromatic carbocycles. The smallest absolute Gasteiger partial charge is 0.323 e. The maximum absolute atomic E-state index is 12.4. The van der Waals surface area contributed by atoms with E-state index in [1.807, 2.05) is 0 Å². The normalized spacial score (nSPS) is 22.8. The van der Waals surface area contributed by atoms with Gasteiger partial charge in [0.15, 0.2) is 0 Å². The van der Waals surface area contributed by atoms with Gasteiger partial charge in [0.05, 0.1) is 0 Å². The monoisotopic (exact) mass is 329 g/mol. The lowest BCUT2D eigenvalue weighted by Crippen LogP contribution is -2.55. The van der Waals surface area contributed by atoms with E-state index >= 15 is 0 Å². The molecule has 0 saturated carbocycles. The summed E-state index contributed by atoms with van der Waals surface area (Å²) < 4.78 is 26.5. The van der Waals surface area contributed by atoms with Crippen molar-refractivity contribution in [3.63, 3.8) is 0 Å². The van der Waals surface area contributed by atoms with Crippen LogP contribution in [0.4, 0.5) is 4.79 Å². The standard InChI is InChI=1S/C12H15N3O4S2/c1-14-10(16)12(13-11(14)17)4-6-15(7-5-12)21(18,19)9-3-2-8-20-9/h2-3,8H,4-7H2,1H3,(H,13,17). The largest absolute Gasteiger partial charge is 0.324 e. The Hall–Kier alpha value is -1.45. The summed E-state index contributed by atoms with van der Waals surface area (Å²) in [6.07, 6.45) is 0.596. The minimum absolute atomic E-state index is 0.222. The molecule has 0 unspecified atom stereocenters. The summed E-state index contributed by atoms with van der Waals surface area (Å²) in [5, 5.41) is 4.41. The zero-order chi connectivity index (χ0) is 15.3. The molecule has 2 saturated heterocycles. The number of hydrogen-bond acceptors (Lipinski definition) is 5. The summed E-state index contributed by atoms with van der Waals surface area (Å²) in [5.74, 6) is -0.277. The Labute approximate surface area is 126 Å². The van der Waals surface area contributed by atoms with Gasteiger partial charge in [-0.25, -0.2) is 13.2 Å². The van der Waals surface area contributed by atoms with Gasteiger partial charge in [-0.1, -0.05) is 6.07 Å². The summed E-state index contributed by atoms with van der Waals surface area (Å²) in [6.45, 7) is 0.445. The van der Waals surface area contributed by atoms with Crippen LogP contribution < -0.4 is 5.32 Å². The first kappa shape index (κ1) is 14.5. The number of imide groups is 1. The number of nitrogens with zero attached hydrogens (tertiary/aromatic N) is 2. The number of hydrogen-bond donors (Lipinski definition) is 1. The fraction of sp³-hybridized carbons (Fsp3) is 0.500. The highest BCUT2D eigenvalue weighted by Crippen LogP contribution is 2.32. The van der Waals surface area contributed by atoms with Gasteiger partial charge in [0.1, 0.15) is 9.75 Å². The summed E-state index contributed by atoms with van der Waals surface area (Å²) in [4.78, 5) is 24.8. The molecule has 1 spiro atoms. The molecule has 2 aliphatic rings. The van der Waals surface area contributed by atoms with Crippen molar-refractivity contribution in [3.8, 4) is 0 Å². The first-order valence-electron chi connectivity index (χ1n) is 6.51. The minimum atomic E-state index is -3.50.